The summed E-state index contributed by atoms with van der Waals surface area (Å²) < 4.78 is 27.9. The number of hydrogen-bond donors (Lipinski definition) is 2. The fraction of sp³-hybridized carbons (Fsp3) is 0.238. The molecule has 2 N–H and O–H groups in total. The number of halogens is 3. The van der Waals surface area contributed by atoms with Crippen LogP contribution >= 0.6 is 11.6 Å². The first-order valence-electron chi connectivity index (χ1n) is 9.18. The van der Waals surface area contributed by atoms with Crippen molar-refractivity contribution in [2.45, 2.75) is 19.5 Å². The van der Waals surface area contributed by atoms with Crippen molar-refractivity contribution >= 4 is 28.4 Å². The molecular formula is C21H18ClF2N3O2. The summed E-state index contributed by atoms with van der Waals surface area (Å²) in [6.45, 7) is 0.989. The van der Waals surface area contributed by atoms with E-state index in [4.69, 9.17) is 11.6 Å². The van der Waals surface area contributed by atoms with Gasteiger partial charge in [-0.3, -0.25) is 14.5 Å². The molecule has 29 heavy (non-hydrogen) atoms. The van der Waals surface area contributed by atoms with Gasteiger partial charge >= 0.3 is 0 Å². The Balaban J connectivity index is 1.48. The van der Waals surface area contributed by atoms with Crippen LogP contribution in [0.3, 0.4) is 0 Å². The fourth-order valence-corrected chi connectivity index (χ4v) is 3.73. The summed E-state index contributed by atoms with van der Waals surface area (Å²) in [5.41, 5.74) is 1.44. The summed E-state index contributed by atoms with van der Waals surface area (Å²) in [7, 11) is 0. The van der Waals surface area contributed by atoms with Crippen LogP contribution in [0.4, 0.5) is 8.78 Å². The lowest BCUT2D eigenvalue weighted by molar-refractivity contribution is -0.122. The Morgan fingerprint density at radius 1 is 1.21 bits per heavy atom. The van der Waals surface area contributed by atoms with Crippen molar-refractivity contribution < 1.29 is 13.6 Å². The van der Waals surface area contributed by atoms with Gasteiger partial charge in [-0.2, -0.15) is 0 Å². The number of benzene rings is 2. The number of aromatic amines is 1. The summed E-state index contributed by atoms with van der Waals surface area (Å²) in [5, 5.41) is 2.89. The molecule has 8 heteroatoms. The van der Waals surface area contributed by atoms with Crippen molar-refractivity contribution in [2.24, 2.45) is 0 Å². The molecule has 3 aromatic rings. The van der Waals surface area contributed by atoms with Crippen LogP contribution in [0.15, 0.2) is 41.2 Å². The second-order valence-electron chi connectivity index (χ2n) is 7.02. The van der Waals surface area contributed by atoms with Crippen molar-refractivity contribution in [1.82, 2.24) is 15.2 Å². The molecule has 0 bridgehead atoms. The number of nitrogens with zero attached hydrogens (tertiary/aromatic N) is 1. The summed E-state index contributed by atoms with van der Waals surface area (Å²) in [5.74, 6) is -1.27. The number of carbonyl (C=O) groups is 1. The van der Waals surface area contributed by atoms with Crippen molar-refractivity contribution in [3.8, 4) is 0 Å². The lowest BCUT2D eigenvalue weighted by atomic mass is 10.0. The van der Waals surface area contributed by atoms with Crippen molar-refractivity contribution in [1.29, 1.82) is 0 Å². The molecular weight excluding hydrogens is 400 g/mol. The third-order valence-electron chi connectivity index (χ3n) is 5.11. The van der Waals surface area contributed by atoms with Crippen LogP contribution in [-0.2, 0) is 24.3 Å². The molecule has 1 aliphatic heterocycles. The first-order chi connectivity index (χ1) is 13.9. The quantitative estimate of drug-likeness (QED) is 0.685. The van der Waals surface area contributed by atoms with E-state index in [1.807, 2.05) is 4.90 Å². The minimum absolute atomic E-state index is 0.0444. The van der Waals surface area contributed by atoms with E-state index in [1.165, 1.54) is 18.2 Å². The van der Waals surface area contributed by atoms with Crippen molar-refractivity contribution in [3.63, 3.8) is 0 Å². The number of aromatic nitrogens is 1. The molecule has 0 aliphatic carbocycles. The van der Waals surface area contributed by atoms with Gasteiger partial charge in [0.2, 0.25) is 5.91 Å². The van der Waals surface area contributed by atoms with E-state index >= 15 is 0 Å². The molecule has 0 fully saturated rings. The molecule has 1 aromatic heterocycles. The fourth-order valence-electron chi connectivity index (χ4n) is 3.57. The number of fused-ring (bicyclic) bond motifs is 2. The SMILES string of the molecule is O=C(CN1CCc2[nH]c3c(F)c(Cl)ccc3c(=O)c2C1)NCc1ccccc1F. The number of pyridine rings is 1. The monoisotopic (exact) mass is 417 g/mol. The minimum atomic E-state index is -0.640. The maximum atomic E-state index is 14.3. The molecule has 0 saturated carbocycles. The predicted octanol–water partition coefficient (Wildman–Crippen LogP) is 3.13. The molecule has 150 valence electrons. The second-order valence-corrected chi connectivity index (χ2v) is 7.43. The van der Waals surface area contributed by atoms with Crippen LogP contribution in [0.5, 0.6) is 0 Å². The van der Waals surface area contributed by atoms with Crippen LogP contribution in [0, 0.1) is 11.6 Å². The van der Waals surface area contributed by atoms with E-state index in [0.717, 1.165) is 0 Å². The topological polar surface area (TPSA) is 65.2 Å². The molecule has 2 heterocycles. The normalized spacial score (nSPS) is 14.0. The van der Waals surface area contributed by atoms with Gasteiger partial charge in [0.05, 0.1) is 17.1 Å². The van der Waals surface area contributed by atoms with E-state index in [-0.39, 0.29) is 52.7 Å². The van der Waals surface area contributed by atoms with Crippen LogP contribution in [0.25, 0.3) is 10.9 Å². The van der Waals surface area contributed by atoms with Crippen molar-refractivity contribution in [2.75, 3.05) is 13.1 Å². The summed E-state index contributed by atoms with van der Waals surface area (Å²) >= 11 is 5.81. The van der Waals surface area contributed by atoms with Gasteiger partial charge in [0.15, 0.2) is 11.2 Å². The lowest BCUT2D eigenvalue weighted by Gasteiger charge is -2.28. The summed E-state index contributed by atoms with van der Waals surface area (Å²) in [4.78, 5) is 29.9. The molecule has 1 aliphatic rings. The Morgan fingerprint density at radius 2 is 2.00 bits per heavy atom. The predicted molar refractivity (Wildman–Crippen MR) is 107 cm³/mol. The molecule has 0 spiro atoms. The zero-order valence-electron chi connectivity index (χ0n) is 15.4. The maximum absolute atomic E-state index is 14.3. The van der Waals surface area contributed by atoms with E-state index in [2.05, 4.69) is 10.3 Å². The molecule has 0 radical (unpaired) electrons. The molecule has 1 amide bonds. The number of nitrogens with one attached hydrogen (secondary N) is 2. The molecule has 0 unspecified atom stereocenters. The highest BCUT2D eigenvalue weighted by Gasteiger charge is 2.23. The highest BCUT2D eigenvalue weighted by Crippen LogP contribution is 2.24. The number of amides is 1. The van der Waals surface area contributed by atoms with Gasteiger partial charge in [-0.05, 0) is 18.2 Å². The van der Waals surface area contributed by atoms with E-state index < -0.39 is 5.82 Å². The van der Waals surface area contributed by atoms with Crippen LogP contribution in [0.2, 0.25) is 5.02 Å². The van der Waals surface area contributed by atoms with E-state index in [1.54, 1.807) is 18.2 Å². The van der Waals surface area contributed by atoms with E-state index in [9.17, 15) is 18.4 Å². The Labute approximate surface area is 170 Å². The van der Waals surface area contributed by atoms with Gasteiger partial charge in [-0.15, -0.1) is 0 Å². The zero-order chi connectivity index (χ0) is 20.5. The highest BCUT2D eigenvalue weighted by molar-refractivity contribution is 6.31. The van der Waals surface area contributed by atoms with Crippen LogP contribution in [-0.4, -0.2) is 28.9 Å². The average molecular weight is 418 g/mol. The standard InChI is InChI=1S/C21H18ClF2N3O2/c22-15-6-5-13-20(19(15)24)26-17-7-8-27(10-14(17)21(13)29)11-18(28)25-9-12-3-1-2-4-16(12)23/h1-6H,7-11H2,(H,25,28)(H,26,29). The van der Waals surface area contributed by atoms with Crippen molar-refractivity contribution in [3.05, 3.63) is 80.1 Å². The average Bonchev–Trinajstić information content (AvgIpc) is 2.71. The van der Waals surface area contributed by atoms with Gasteiger partial charge in [-0.1, -0.05) is 29.8 Å². The second kappa shape index (κ2) is 7.93. The molecule has 2 aromatic carbocycles. The summed E-state index contributed by atoms with van der Waals surface area (Å²) in [6.07, 6.45) is 0.479. The first-order valence-corrected chi connectivity index (χ1v) is 9.56. The van der Waals surface area contributed by atoms with Gasteiger partial charge < -0.3 is 10.3 Å². The molecule has 5 nitrogen and oxygen atoms in total. The van der Waals surface area contributed by atoms with Crippen LogP contribution < -0.4 is 10.7 Å². The van der Waals surface area contributed by atoms with Gasteiger partial charge in [0.25, 0.3) is 0 Å². The Morgan fingerprint density at radius 3 is 2.79 bits per heavy atom. The third kappa shape index (κ3) is 3.88. The zero-order valence-corrected chi connectivity index (χ0v) is 16.2. The first kappa shape index (κ1) is 19.5. The molecule has 0 atom stereocenters. The van der Waals surface area contributed by atoms with Crippen LogP contribution in [0.1, 0.15) is 16.8 Å². The Kier molecular flexibility index (Phi) is 5.34. The number of carbonyl (C=O) groups excluding carboxylic acids is 1. The lowest BCUT2D eigenvalue weighted by Crippen LogP contribution is -2.41. The number of hydrogen-bond acceptors (Lipinski definition) is 3. The number of H-pyrrole nitrogens is 1. The highest BCUT2D eigenvalue weighted by atomic mass is 35.5. The third-order valence-corrected chi connectivity index (χ3v) is 5.41. The maximum Gasteiger partial charge on any atom is 0.234 e. The van der Waals surface area contributed by atoms with E-state index in [0.29, 0.717) is 29.8 Å². The summed E-state index contributed by atoms with van der Waals surface area (Å²) in [6, 6.07) is 9.11. The molecule has 4 rings (SSSR count). The minimum Gasteiger partial charge on any atom is -0.355 e. The Bertz CT molecular complexity index is 1160. The van der Waals surface area contributed by atoms with Gasteiger partial charge in [0.1, 0.15) is 5.82 Å². The largest absolute Gasteiger partial charge is 0.355 e. The smallest absolute Gasteiger partial charge is 0.234 e. The molecule has 0 saturated heterocycles. The Hall–Kier alpha value is -2.77. The number of rotatable bonds is 4. The van der Waals surface area contributed by atoms with Gasteiger partial charge in [-0.25, -0.2) is 8.78 Å². The van der Waals surface area contributed by atoms with Gasteiger partial charge in [0, 0.05) is 48.3 Å².